The summed E-state index contributed by atoms with van der Waals surface area (Å²) in [4.78, 5) is 15.7. The van der Waals surface area contributed by atoms with E-state index in [9.17, 15) is 4.79 Å². The maximum absolute atomic E-state index is 12.3. The van der Waals surface area contributed by atoms with E-state index in [1.807, 2.05) is 48.5 Å². The SMILES string of the molecule is COc1c(-c2ccc(CN)cc2)cccc1-c1ccc(N2CCN(C)C2=O)c(Cl)c1. The van der Waals surface area contributed by atoms with E-state index in [0.29, 0.717) is 24.7 Å². The summed E-state index contributed by atoms with van der Waals surface area (Å²) in [6, 6.07) is 19.9. The Labute approximate surface area is 181 Å². The number of likely N-dealkylation sites (N-methyl/N-ethyl adjacent to an activating group) is 1. The highest BCUT2D eigenvalue weighted by molar-refractivity contribution is 6.34. The van der Waals surface area contributed by atoms with Crippen LogP contribution < -0.4 is 15.4 Å². The number of hydrogen-bond donors (Lipinski definition) is 1. The van der Waals surface area contributed by atoms with Gasteiger partial charge in [0.25, 0.3) is 0 Å². The number of nitrogens with zero attached hydrogens (tertiary/aromatic N) is 2. The van der Waals surface area contributed by atoms with E-state index in [1.54, 1.807) is 24.0 Å². The Morgan fingerprint density at radius 2 is 1.67 bits per heavy atom. The number of carbonyl (C=O) groups excluding carboxylic acids is 1. The number of hydrogen-bond acceptors (Lipinski definition) is 3. The lowest BCUT2D eigenvalue weighted by Gasteiger charge is -2.19. The van der Waals surface area contributed by atoms with Crippen LogP contribution >= 0.6 is 11.6 Å². The Hall–Kier alpha value is -3.02. The van der Waals surface area contributed by atoms with Crippen molar-refractivity contribution >= 4 is 23.3 Å². The fourth-order valence-corrected chi connectivity index (χ4v) is 4.08. The summed E-state index contributed by atoms with van der Waals surface area (Å²) in [7, 11) is 3.46. The molecular formula is C24H24ClN3O2. The molecule has 0 aromatic heterocycles. The van der Waals surface area contributed by atoms with Gasteiger partial charge in [-0.3, -0.25) is 4.90 Å². The molecule has 2 N–H and O–H groups in total. The van der Waals surface area contributed by atoms with Gasteiger partial charge in [-0.25, -0.2) is 4.79 Å². The third kappa shape index (κ3) is 3.62. The number of ether oxygens (including phenoxy) is 1. The highest BCUT2D eigenvalue weighted by atomic mass is 35.5. The maximum atomic E-state index is 12.3. The number of halogens is 1. The quantitative estimate of drug-likeness (QED) is 0.629. The lowest BCUT2D eigenvalue weighted by atomic mass is 9.96. The molecule has 3 aromatic carbocycles. The van der Waals surface area contributed by atoms with Crippen molar-refractivity contribution in [2.45, 2.75) is 6.54 Å². The summed E-state index contributed by atoms with van der Waals surface area (Å²) in [5.74, 6) is 0.777. The maximum Gasteiger partial charge on any atom is 0.324 e. The van der Waals surface area contributed by atoms with Crippen molar-refractivity contribution in [1.29, 1.82) is 0 Å². The normalized spacial score (nSPS) is 13.8. The van der Waals surface area contributed by atoms with Crippen molar-refractivity contribution in [3.05, 3.63) is 71.2 Å². The summed E-state index contributed by atoms with van der Waals surface area (Å²) < 4.78 is 5.80. The van der Waals surface area contributed by atoms with Crippen LogP contribution in [0.3, 0.4) is 0 Å². The van der Waals surface area contributed by atoms with Gasteiger partial charge in [0.2, 0.25) is 0 Å². The summed E-state index contributed by atoms with van der Waals surface area (Å²) in [6.07, 6.45) is 0. The molecule has 5 nitrogen and oxygen atoms in total. The molecule has 0 radical (unpaired) electrons. The second kappa shape index (κ2) is 8.38. The van der Waals surface area contributed by atoms with Gasteiger partial charge in [0.1, 0.15) is 5.75 Å². The van der Waals surface area contributed by atoms with E-state index in [2.05, 4.69) is 12.1 Å². The summed E-state index contributed by atoms with van der Waals surface area (Å²) >= 11 is 6.59. The standard InChI is InChI=1S/C24H24ClN3O2/c1-27-12-13-28(24(27)29)22-11-10-18(14-21(22)25)20-5-3-4-19(23(20)30-2)17-8-6-16(15-26)7-9-17/h3-11,14H,12-13,15,26H2,1-2H3. The molecule has 1 aliphatic rings. The number of rotatable bonds is 5. The zero-order valence-corrected chi connectivity index (χ0v) is 17.8. The fourth-order valence-electron chi connectivity index (χ4n) is 3.80. The molecule has 0 spiro atoms. The van der Waals surface area contributed by atoms with Gasteiger partial charge in [-0.1, -0.05) is 60.1 Å². The predicted molar refractivity (Wildman–Crippen MR) is 122 cm³/mol. The monoisotopic (exact) mass is 421 g/mol. The molecular weight excluding hydrogens is 398 g/mol. The smallest absolute Gasteiger partial charge is 0.324 e. The average Bonchev–Trinajstić information content (AvgIpc) is 3.11. The predicted octanol–water partition coefficient (Wildman–Crippen LogP) is 5.01. The Balaban J connectivity index is 1.73. The topological polar surface area (TPSA) is 58.8 Å². The molecule has 154 valence electrons. The van der Waals surface area contributed by atoms with Gasteiger partial charge in [-0.2, -0.15) is 0 Å². The summed E-state index contributed by atoms with van der Waals surface area (Å²) in [6.45, 7) is 1.83. The molecule has 0 aliphatic carbocycles. The van der Waals surface area contributed by atoms with Crippen molar-refractivity contribution < 1.29 is 9.53 Å². The Morgan fingerprint density at radius 3 is 2.23 bits per heavy atom. The largest absolute Gasteiger partial charge is 0.495 e. The van der Waals surface area contributed by atoms with Crippen LogP contribution in [-0.4, -0.2) is 38.2 Å². The first-order chi connectivity index (χ1) is 14.5. The van der Waals surface area contributed by atoms with Gasteiger partial charge in [-0.05, 0) is 28.8 Å². The number of para-hydroxylation sites is 1. The Kier molecular flexibility index (Phi) is 5.66. The van der Waals surface area contributed by atoms with E-state index < -0.39 is 0 Å². The highest BCUT2D eigenvalue weighted by Crippen LogP contribution is 2.41. The first-order valence-corrected chi connectivity index (χ1v) is 10.2. The zero-order chi connectivity index (χ0) is 21.3. The fraction of sp³-hybridized carbons (Fsp3) is 0.208. The van der Waals surface area contributed by atoms with Crippen molar-refractivity contribution in [2.24, 2.45) is 5.73 Å². The van der Waals surface area contributed by atoms with Crippen LogP contribution in [0.25, 0.3) is 22.3 Å². The van der Waals surface area contributed by atoms with Gasteiger partial charge in [0.15, 0.2) is 0 Å². The number of nitrogens with two attached hydrogens (primary N) is 1. The molecule has 0 saturated carbocycles. The van der Waals surface area contributed by atoms with E-state index in [0.717, 1.165) is 39.3 Å². The summed E-state index contributed by atoms with van der Waals surface area (Å²) in [5, 5.41) is 0.538. The second-order valence-electron chi connectivity index (χ2n) is 7.31. The number of amides is 2. The Morgan fingerprint density at radius 1 is 1.00 bits per heavy atom. The second-order valence-corrected chi connectivity index (χ2v) is 7.72. The van der Waals surface area contributed by atoms with E-state index in [1.165, 1.54) is 0 Å². The first-order valence-electron chi connectivity index (χ1n) is 9.82. The number of carbonyl (C=O) groups is 1. The van der Waals surface area contributed by atoms with Crippen LogP contribution in [0.2, 0.25) is 5.02 Å². The van der Waals surface area contributed by atoms with Crippen LogP contribution in [-0.2, 0) is 6.54 Å². The van der Waals surface area contributed by atoms with Crippen LogP contribution in [0.15, 0.2) is 60.7 Å². The van der Waals surface area contributed by atoms with Gasteiger partial charge in [-0.15, -0.1) is 0 Å². The van der Waals surface area contributed by atoms with Gasteiger partial charge < -0.3 is 15.4 Å². The average molecular weight is 422 g/mol. The van der Waals surface area contributed by atoms with Gasteiger partial charge in [0, 0.05) is 37.8 Å². The zero-order valence-electron chi connectivity index (χ0n) is 17.1. The van der Waals surface area contributed by atoms with E-state index in [-0.39, 0.29) is 6.03 Å². The lowest BCUT2D eigenvalue weighted by Crippen LogP contribution is -2.29. The Bertz CT molecular complexity index is 1080. The molecule has 1 heterocycles. The van der Waals surface area contributed by atoms with Gasteiger partial charge in [0.05, 0.1) is 17.8 Å². The molecule has 3 aromatic rings. The lowest BCUT2D eigenvalue weighted by molar-refractivity contribution is 0.229. The molecule has 4 rings (SSSR count). The first kappa shape index (κ1) is 20.3. The van der Waals surface area contributed by atoms with Crippen molar-refractivity contribution in [3.63, 3.8) is 0 Å². The minimum absolute atomic E-state index is 0.0369. The van der Waals surface area contributed by atoms with Crippen LogP contribution in [0.1, 0.15) is 5.56 Å². The van der Waals surface area contributed by atoms with Crippen molar-refractivity contribution in [2.75, 3.05) is 32.1 Å². The van der Waals surface area contributed by atoms with Crippen molar-refractivity contribution in [3.8, 4) is 28.0 Å². The third-order valence-electron chi connectivity index (χ3n) is 5.49. The number of urea groups is 1. The minimum atomic E-state index is -0.0369. The van der Waals surface area contributed by atoms with Crippen LogP contribution in [0.5, 0.6) is 5.75 Å². The molecule has 0 unspecified atom stereocenters. The van der Waals surface area contributed by atoms with Crippen molar-refractivity contribution in [1.82, 2.24) is 4.90 Å². The number of methoxy groups -OCH3 is 1. The molecule has 0 atom stereocenters. The molecule has 1 saturated heterocycles. The van der Waals surface area contributed by atoms with E-state index >= 15 is 0 Å². The minimum Gasteiger partial charge on any atom is -0.495 e. The molecule has 1 aliphatic heterocycles. The molecule has 6 heteroatoms. The van der Waals surface area contributed by atoms with Gasteiger partial charge >= 0.3 is 6.03 Å². The van der Waals surface area contributed by atoms with E-state index in [4.69, 9.17) is 22.1 Å². The summed E-state index contributed by atoms with van der Waals surface area (Å²) in [5.41, 5.74) is 11.4. The molecule has 30 heavy (non-hydrogen) atoms. The third-order valence-corrected chi connectivity index (χ3v) is 5.79. The highest BCUT2D eigenvalue weighted by Gasteiger charge is 2.28. The number of benzene rings is 3. The number of anilines is 1. The van der Waals surface area contributed by atoms with Crippen LogP contribution in [0, 0.1) is 0 Å². The van der Waals surface area contributed by atoms with Crippen LogP contribution in [0.4, 0.5) is 10.5 Å². The molecule has 0 bridgehead atoms. The molecule has 1 fully saturated rings. The molecule has 2 amide bonds.